The van der Waals surface area contributed by atoms with Gasteiger partial charge in [-0.25, -0.2) is 0 Å². The molecule has 22 heavy (non-hydrogen) atoms. The number of fused-ring (bicyclic) bond motifs is 1. The number of hydrogen-bond donors (Lipinski definition) is 1. The Hall–Kier alpha value is -1.55. The Labute approximate surface area is 131 Å². The van der Waals surface area contributed by atoms with Crippen LogP contribution in [0.1, 0.15) is 56.6 Å². The summed E-state index contributed by atoms with van der Waals surface area (Å²) >= 11 is 0. The van der Waals surface area contributed by atoms with E-state index in [1.54, 1.807) is 0 Å². The van der Waals surface area contributed by atoms with Crippen LogP contribution >= 0.6 is 0 Å². The molecule has 1 aliphatic carbocycles. The number of ether oxygens (including phenoxy) is 2. The maximum absolute atomic E-state index is 12.4. The van der Waals surface area contributed by atoms with Gasteiger partial charge < -0.3 is 14.8 Å². The predicted molar refractivity (Wildman–Crippen MR) is 82.7 cm³/mol. The van der Waals surface area contributed by atoms with Gasteiger partial charge in [-0.1, -0.05) is 18.2 Å². The van der Waals surface area contributed by atoms with E-state index in [-0.39, 0.29) is 23.7 Å². The van der Waals surface area contributed by atoms with E-state index in [2.05, 4.69) is 11.4 Å². The van der Waals surface area contributed by atoms with Crippen molar-refractivity contribution < 1.29 is 14.3 Å². The molecule has 3 aliphatic rings. The minimum atomic E-state index is -0.269. The van der Waals surface area contributed by atoms with Crippen molar-refractivity contribution in [2.45, 2.75) is 62.7 Å². The van der Waals surface area contributed by atoms with Gasteiger partial charge in [0.1, 0.15) is 17.5 Å². The summed E-state index contributed by atoms with van der Waals surface area (Å²) in [7, 11) is 0. The number of amides is 1. The number of hydrogen-bond acceptors (Lipinski definition) is 3. The Balaban J connectivity index is 1.58. The fourth-order valence-electron chi connectivity index (χ4n) is 4.12. The first-order valence-corrected chi connectivity index (χ1v) is 8.46. The minimum absolute atomic E-state index is 0.0346. The number of nitrogens with one attached hydrogen (secondary N) is 1. The van der Waals surface area contributed by atoms with Gasteiger partial charge in [0.25, 0.3) is 0 Å². The van der Waals surface area contributed by atoms with Crippen molar-refractivity contribution in [3.05, 3.63) is 29.8 Å². The maximum atomic E-state index is 12.4. The molecule has 0 aromatic heterocycles. The van der Waals surface area contributed by atoms with Crippen molar-refractivity contribution in [3.63, 3.8) is 0 Å². The van der Waals surface area contributed by atoms with Gasteiger partial charge >= 0.3 is 0 Å². The molecule has 1 N–H and O–H groups in total. The molecule has 0 bridgehead atoms. The second-order valence-electron chi connectivity index (χ2n) is 6.80. The average molecular weight is 301 g/mol. The topological polar surface area (TPSA) is 47.6 Å². The lowest BCUT2D eigenvalue weighted by Gasteiger charge is -2.40. The summed E-state index contributed by atoms with van der Waals surface area (Å²) in [5.41, 5.74) is 1.02. The van der Waals surface area contributed by atoms with E-state index in [4.69, 9.17) is 9.47 Å². The first-order chi connectivity index (χ1) is 10.8. The van der Waals surface area contributed by atoms with Gasteiger partial charge in [-0.05, 0) is 44.6 Å². The van der Waals surface area contributed by atoms with Crippen molar-refractivity contribution in [2.24, 2.45) is 0 Å². The van der Waals surface area contributed by atoms with Crippen molar-refractivity contribution in [1.29, 1.82) is 0 Å². The van der Waals surface area contributed by atoms with Crippen molar-refractivity contribution in [1.82, 2.24) is 5.32 Å². The van der Waals surface area contributed by atoms with Crippen LogP contribution in [0.2, 0.25) is 0 Å². The smallest absolute Gasteiger partial charge is 0.249 e. The molecule has 4 heteroatoms. The SMILES string of the molecule is O=C(N[C@@H]1CC2(CCCC2)Oc2ccccc21)[C@@H]1CCCO1. The van der Waals surface area contributed by atoms with Crippen molar-refractivity contribution >= 4 is 5.91 Å². The Kier molecular flexibility index (Phi) is 3.57. The minimum Gasteiger partial charge on any atom is -0.487 e. The lowest BCUT2D eigenvalue weighted by Crippen LogP contribution is -2.45. The second-order valence-corrected chi connectivity index (χ2v) is 6.80. The molecule has 118 valence electrons. The second kappa shape index (κ2) is 5.58. The molecular formula is C18H23NO3. The molecule has 2 fully saturated rings. The molecule has 1 spiro atoms. The number of para-hydroxylation sites is 1. The lowest BCUT2D eigenvalue weighted by molar-refractivity contribution is -0.131. The molecule has 2 aliphatic heterocycles. The van der Waals surface area contributed by atoms with Gasteiger partial charge in [0.05, 0.1) is 6.04 Å². The highest BCUT2D eigenvalue weighted by Gasteiger charge is 2.43. The van der Waals surface area contributed by atoms with Gasteiger partial charge in [0.15, 0.2) is 0 Å². The van der Waals surface area contributed by atoms with E-state index < -0.39 is 0 Å². The van der Waals surface area contributed by atoms with E-state index in [1.807, 2.05) is 18.2 Å². The molecule has 2 heterocycles. The van der Waals surface area contributed by atoms with Crippen LogP contribution in [-0.4, -0.2) is 24.2 Å². The van der Waals surface area contributed by atoms with Crippen LogP contribution in [0.5, 0.6) is 5.75 Å². The summed E-state index contributed by atoms with van der Waals surface area (Å²) in [5.74, 6) is 0.973. The van der Waals surface area contributed by atoms with Gasteiger partial charge in [0, 0.05) is 18.6 Å². The van der Waals surface area contributed by atoms with Crippen molar-refractivity contribution in [3.8, 4) is 5.75 Å². The number of benzene rings is 1. The van der Waals surface area contributed by atoms with Crippen LogP contribution in [0.15, 0.2) is 24.3 Å². The monoisotopic (exact) mass is 301 g/mol. The summed E-state index contributed by atoms with van der Waals surface area (Å²) in [6, 6.07) is 8.16. The van der Waals surface area contributed by atoms with E-state index >= 15 is 0 Å². The van der Waals surface area contributed by atoms with Crippen LogP contribution in [0.4, 0.5) is 0 Å². The zero-order chi connectivity index (χ0) is 15.0. The Bertz CT molecular complexity index is 559. The third-order valence-corrected chi connectivity index (χ3v) is 5.25. The fraction of sp³-hybridized carbons (Fsp3) is 0.611. The van der Waals surface area contributed by atoms with Crippen LogP contribution in [0.25, 0.3) is 0 Å². The lowest BCUT2D eigenvalue weighted by atomic mass is 9.86. The number of carbonyl (C=O) groups excluding carboxylic acids is 1. The molecule has 0 radical (unpaired) electrons. The largest absolute Gasteiger partial charge is 0.487 e. The molecule has 1 saturated carbocycles. The molecule has 4 rings (SSSR count). The zero-order valence-electron chi connectivity index (χ0n) is 12.8. The Morgan fingerprint density at radius 2 is 2.00 bits per heavy atom. The number of carbonyl (C=O) groups is 1. The maximum Gasteiger partial charge on any atom is 0.249 e. The molecule has 1 aromatic rings. The van der Waals surface area contributed by atoms with Crippen LogP contribution in [-0.2, 0) is 9.53 Å². The highest BCUT2D eigenvalue weighted by Crippen LogP contribution is 2.47. The first kappa shape index (κ1) is 14.1. The van der Waals surface area contributed by atoms with Gasteiger partial charge in [0.2, 0.25) is 5.91 Å². The zero-order valence-corrected chi connectivity index (χ0v) is 12.8. The first-order valence-electron chi connectivity index (χ1n) is 8.46. The summed E-state index contributed by atoms with van der Waals surface area (Å²) < 4.78 is 11.9. The highest BCUT2D eigenvalue weighted by atomic mass is 16.5. The molecule has 4 nitrogen and oxygen atoms in total. The van der Waals surface area contributed by atoms with Crippen LogP contribution in [0.3, 0.4) is 0 Å². The summed E-state index contributed by atoms with van der Waals surface area (Å²) in [5, 5.41) is 3.22. The third-order valence-electron chi connectivity index (χ3n) is 5.25. The van der Waals surface area contributed by atoms with E-state index in [1.165, 1.54) is 12.8 Å². The van der Waals surface area contributed by atoms with Crippen LogP contribution in [0, 0.1) is 0 Å². The van der Waals surface area contributed by atoms with Gasteiger partial charge in [-0.3, -0.25) is 4.79 Å². The van der Waals surface area contributed by atoms with E-state index in [0.717, 1.165) is 43.4 Å². The van der Waals surface area contributed by atoms with E-state index in [9.17, 15) is 4.79 Å². The number of rotatable bonds is 2. The standard InChI is InChI=1S/C18H23NO3/c20-17(16-8-5-11-21-16)19-14-12-18(9-3-4-10-18)22-15-7-2-1-6-13(14)15/h1-2,6-7,14,16H,3-5,8-12H2,(H,19,20)/t14-,16+/m1/s1. The summed E-state index contributed by atoms with van der Waals surface area (Å²) in [6.07, 6.45) is 7.04. The molecule has 2 atom stereocenters. The van der Waals surface area contributed by atoms with Gasteiger partial charge in [-0.15, -0.1) is 0 Å². The normalized spacial score (nSPS) is 29.1. The molecule has 1 aromatic carbocycles. The molecular weight excluding hydrogens is 278 g/mol. The Morgan fingerprint density at radius 1 is 1.18 bits per heavy atom. The summed E-state index contributed by atoms with van der Waals surface area (Å²) in [4.78, 5) is 12.4. The van der Waals surface area contributed by atoms with Crippen molar-refractivity contribution in [2.75, 3.05) is 6.61 Å². The Morgan fingerprint density at radius 3 is 2.77 bits per heavy atom. The highest BCUT2D eigenvalue weighted by molar-refractivity contribution is 5.81. The van der Waals surface area contributed by atoms with Crippen LogP contribution < -0.4 is 10.1 Å². The third kappa shape index (κ3) is 2.50. The molecule has 1 saturated heterocycles. The van der Waals surface area contributed by atoms with Gasteiger partial charge in [-0.2, -0.15) is 0 Å². The predicted octanol–water partition coefficient (Wildman–Crippen LogP) is 3.12. The summed E-state index contributed by atoms with van der Waals surface area (Å²) in [6.45, 7) is 0.701. The fourth-order valence-corrected chi connectivity index (χ4v) is 4.12. The molecule has 1 amide bonds. The quantitative estimate of drug-likeness (QED) is 0.913. The molecule has 0 unspecified atom stereocenters. The van der Waals surface area contributed by atoms with E-state index in [0.29, 0.717) is 6.61 Å². The average Bonchev–Trinajstić information content (AvgIpc) is 3.19.